The number of rotatable bonds is 8. The molecule has 30 heavy (non-hydrogen) atoms. The minimum absolute atomic E-state index is 0.129. The molecule has 1 aliphatic heterocycles. The second-order valence-corrected chi connectivity index (χ2v) is 8.68. The smallest absolute Gasteiger partial charge is 0.295 e. The molecular formula is C24H29NO4S. The lowest BCUT2D eigenvalue weighted by atomic mass is 9.95. The number of ketones is 1. The van der Waals surface area contributed by atoms with Crippen molar-refractivity contribution < 1.29 is 19.4 Å². The van der Waals surface area contributed by atoms with E-state index in [0.717, 1.165) is 29.0 Å². The van der Waals surface area contributed by atoms with Crippen LogP contribution in [0.4, 0.5) is 0 Å². The van der Waals surface area contributed by atoms with Crippen LogP contribution in [0.5, 0.6) is 5.75 Å². The first-order valence-corrected chi connectivity index (χ1v) is 11.4. The molecule has 2 heterocycles. The summed E-state index contributed by atoms with van der Waals surface area (Å²) in [7, 11) is 0. The fourth-order valence-electron chi connectivity index (χ4n) is 3.77. The summed E-state index contributed by atoms with van der Waals surface area (Å²) in [5.74, 6) is -0.349. The van der Waals surface area contributed by atoms with Crippen molar-refractivity contribution in [2.24, 2.45) is 0 Å². The van der Waals surface area contributed by atoms with Crippen LogP contribution in [0.15, 0.2) is 41.3 Å². The summed E-state index contributed by atoms with van der Waals surface area (Å²) in [6.45, 7) is 9.11. The van der Waals surface area contributed by atoms with Gasteiger partial charge in [0.25, 0.3) is 11.7 Å². The van der Waals surface area contributed by atoms with Crippen LogP contribution in [0, 0.1) is 0 Å². The van der Waals surface area contributed by atoms with Gasteiger partial charge in [0.15, 0.2) is 0 Å². The van der Waals surface area contributed by atoms with Crippen LogP contribution >= 0.6 is 11.3 Å². The average molecular weight is 428 g/mol. The Morgan fingerprint density at radius 1 is 1.23 bits per heavy atom. The van der Waals surface area contributed by atoms with Crippen molar-refractivity contribution in [3.63, 3.8) is 0 Å². The largest absolute Gasteiger partial charge is 0.507 e. The molecule has 1 unspecified atom stereocenters. The van der Waals surface area contributed by atoms with Crippen molar-refractivity contribution in [3.05, 3.63) is 57.3 Å². The molecule has 2 aromatic rings. The minimum Gasteiger partial charge on any atom is -0.507 e. The Bertz CT molecular complexity index is 946. The fourth-order valence-corrected chi connectivity index (χ4v) is 4.62. The van der Waals surface area contributed by atoms with Crippen molar-refractivity contribution in [1.29, 1.82) is 0 Å². The fraction of sp³-hybridized carbons (Fsp3) is 0.417. The van der Waals surface area contributed by atoms with Crippen LogP contribution in [-0.4, -0.2) is 34.8 Å². The summed E-state index contributed by atoms with van der Waals surface area (Å²) >= 11 is 1.48. The lowest BCUT2D eigenvalue weighted by Crippen LogP contribution is -2.30. The van der Waals surface area contributed by atoms with Gasteiger partial charge in [0.05, 0.1) is 18.2 Å². The van der Waals surface area contributed by atoms with Gasteiger partial charge in [-0.3, -0.25) is 9.59 Å². The topological polar surface area (TPSA) is 66.8 Å². The van der Waals surface area contributed by atoms with E-state index in [1.807, 2.05) is 43.5 Å². The Morgan fingerprint density at radius 3 is 2.60 bits per heavy atom. The summed E-state index contributed by atoms with van der Waals surface area (Å²) in [5.41, 5.74) is 1.64. The number of benzene rings is 1. The molecule has 0 spiro atoms. The highest BCUT2D eigenvalue weighted by molar-refractivity contribution is 7.10. The van der Waals surface area contributed by atoms with Gasteiger partial charge in [-0.15, -0.1) is 11.3 Å². The number of carbonyl (C=O) groups is 2. The molecule has 1 atom stereocenters. The van der Waals surface area contributed by atoms with Gasteiger partial charge in [-0.1, -0.05) is 33.3 Å². The molecule has 1 saturated heterocycles. The summed E-state index contributed by atoms with van der Waals surface area (Å²) in [6.07, 6.45) is 1.71. The molecule has 1 aliphatic rings. The number of hydrogen-bond acceptors (Lipinski definition) is 5. The molecule has 0 radical (unpaired) electrons. The quantitative estimate of drug-likeness (QED) is 0.344. The zero-order valence-electron chi connectivity index (χ0n) is 18.0. The standard InChI is InChI=1S/C24H29NO4S/c1-5-7-12-25-21(19-9-8-13-30-19)20(23(27)24(25)28)22(26)16-10-11-18(29-6-2)17(14-16)15(3)4/h8-11,13-15,21,26H,5-7,12H2,1-4H3/b22-20-. The Balaban J connectivity index is 2.13. The Kier molecular flexibility index (Phi) is 6.98. The maximum Gasteiger partial charge on any atom is 0.295 e. The number of amides is 1. The molecule has 1 amide bonds. The third-order valence-electron chi connectivity index (χ3n) is 5.31. The Morgan fingerprint density at radius 2 is 2.00 bits per heavy atom. The van der Waals surface area contributed by atoms with E-state index in [2.05, 4.69) is 13.8 Å². The van der Waals surface area contributed by atoms with E-state index in [9.17, 15) is 14.7 Å². The van der Waals surface area contributed by atoms with Gasteiger partial charge in [0.2, 0.25) is 0 Å². The van der Waals surface area contributed by atoms with E-state index in [4.69, 9.17) is 4.74 Å². The van der Waals surface area contributed by atoms with Crippen molar-refractivity contribution in [2.45, 2.75) is 52.5 Å². The first kappa shape index (κ1) is 22.1. The zero-order valence-corrected chi connectivity index (χ0v) is 18.8. The SMILES string of the molecule is CCCCN1C(=O)C(=O)/C(=C(\O)c2ccc(OCC)c(C(C)C)c2)C1c1cccs1. The molecule has 0 bridgehead atoms. The van der Waals surface area contributed by atoms with Gasteiger partial charge >= 0.3 is 0 Å². The highest BCUT2D eigenvalue weighted by Crippen LogP contribution is 2.42. The molecular weight excluding hydrogens is 398 g/mol. The first-order valence-electron chi connectivity index (χ1n) is 10.5. The van der Waals surface area contributed by atoms with Crippen molar-refractivity contribution in [1.82, 2.24) is 4.90 Å². The van der Waals surface area contributed by atoms with E-state index < -0.39 is 17.7 Å². The van der Waals surface area contributed by atoms with E-state index in [1.165, 1.54) is 11.3 Å². The van der Waals surface area contributed by atoms with Gasteiger partial charge in [-0.05, 0) is 54.5 Å². The number of ether oxygens (including phenoxy) is 1. The summed E-state index contributed by atoms with van der Waals surface area (Å²) in [5, 5.41) is 13.1. The number of hydrogen-bond donors (Lipinski definition) is 1. The number of Topliss-reactive ketones (excluding diaryl/α,β-unsaturated/α-hetero) is 1. The van der Waals surface area contributed by atoms with Gasteiger partial charge in [-0.2, -0.15) is 0 Å². The van der Waals surface area contributed by atoms with Gasteiger partial charge in [-0.25, -0.2) is 0 Å². The zero-order chi connectivity index (χ0) is 21.8. The monoisotopic (exact) mass is 427 g/mol. The predicted octanol–water partition coefficient (Wildman–Crippen LogP) is 5.49. The number of unbranched alkanes of at least 4 members (excludes halogenated alkanes) is 1. The van der Waals surface area contributed by atoms with Crippen LogP contribution in [0.2, 0.25) is 0 Å². The number of nitrogens with zero attached hydrogens (tertiary/aromatic N) is 1. The van der Waals surface area contributed by atoms with Crippen LogP contribution in [0.25, 0.3) is 5.76 Å². The van der Waals surface area contributed by atoms with E-state index >= 15 is 0 Å². The van der Waals surface area contributed by atoms with Gasteiger partial charge < -0.3 is 14.7 Å². The molecule has 1 aromatic carbocycles. The lowest BCUT2D eigenvalue weighted by Gasteiger charge is -2.24. The molecule has 160 valence electrons. The third-order valence-corrected chi connectivity index (χ3v) is 6.24. The molecule has 5 nitrogen and oxygen atoms in total. The summed E-state index contributed by atoms with van der Waals surface area (Å²) in [6, 6.07) is 8.68. The Labute approximate surface area is 182 Å². The van der Waals surface area contributed by atoms with E-state index in [-0.39, 0.29) is 17.3 Å². The van der Waals surface area contributed by atoms with Crippen LogP contribution in [0.1, 0.15) is 68.5 Å². The molecule has 6 heteroatoms. The molecule has 1 fully saturated rings. The van der Waals surface area contributed by atoms with Crippen molar-refractivity contribution >= 4 is 28.8 Å². The van der Waals surface area contributed by atoms with Crippen LogP contribution < -0.4 is 4.74 Å². The minimum atomic E-state index is -0.623. The third kappa shape index (κ3) is 4.15. The molecule has 0 saturated carbocycles. The van der Waals surface area contributed by atoms with Crippen molar-refractivity contribution in [2.75, 3.05) is 13.2 Å². The van der Waals surface area contributed by atoms with E-state index in [0.29, 0.717) is 18.7 Å². The number of thiophene rings is 1. The number of carbonyl (C=O) groups excluding carboxylic acids is 2. The highest BCUT2D eigenvalue weighted by atomic mass is 32.1. The second kappa shape index (κ2) is 9.47. The molecule has 1 aromatic heterocycles. The highest BCUT2D eigenvalue weighted by Gasteiger charge is 2.46. The maximum atomic E-state index is 13.0. The summed E-state index contributed by atoms with van der Waals surface area (Å²) < 4.78 is 5.71. The normalized spacial score (nSPS) is 18.4. The second-order valence-electron chi connectivity index (χ2n) is 7.70. The average Bonchev–Trinajstić information content (AvgIpc) is 3.34. The van der Waals surface area contributed by atoms with Gasteiger partial charge in [0, 0.05) is 17.0 Å². The molecule has 1 N–H and O–H groups in total. The molecule has 0 aliphatic carbocycles. The molecule has 3 rings (SSSR count). The van der Waals surface area contributed by atoms with Crippen LogP contribution in [-0.2, 0) is 9.59 Å². The number of aliphatic hydroxyl groups excluding tert-OH is 1. The first-order chi connectivity index (χ1) is 14.4. The van der Waals surface area contributed by atoms with Crippen LogP contribution in [0.3, 0.4) is 0 Å². The number of likely N-dealkylation sites (tertiary alicyclic amines) is 1. The van der Waals surface area contributed by atoms with E-state index in [1.54, 1.807) is 11.0 Å². The van der Waals surface area contributed by atoms with Gasteiger partial charge in [0.1, 0.15) is 11.5 Å². The maximum absolute atomic E-state index is 13.0. The predicted molar refractivity (Wildman–Crippen MR) is 120 cm³/mol. The summed E-state index contributed by atoms with van der Waals surface area (Å²) in [4.78, 5) is 28.2. The Hall–Kier alpha value is -2.60. The number of aliphatic hydroxyl groups is 1. The van der Waals surface area contributed by atoms with Crippen molar-refractivity contribution in [3.8, 4) is 5.75 Å². The lowest BCUT2D eigenvalue weighted by molar-refractivity contribution is -0.139.